The molecule has 0 aliphatic rings. The van der Waals surface area contributed by atoms with E-state index in [-0.39, 0.29) is 0 Å². The van der Waals surface area contributed by atoms with E-state index in [0.29, 0.717) is 12.2 Å². The Kier molecular flexibility index (Phi) is 4.30. The quantitative estimate of drug-likeness (QED) is 0.776. The molecule has 0 N–H and O–H groups in total. The molecule has 0 saturated carbocycles. The maximum absolute atomic E-state index is 8.81. The molecule has 0 radical (unpaired) electrons. The minimum atomic E-state index is 0.612. The molecule has 94 valence electrons. The smallest absolute Gasteiger partial charge is 0.119 e. The number of aliphatic imine (C=N–C) groups is 1. The van der Waals surface area contributed by atoms with Gasteiger partial charge in [0.1, 0.15) is 5.75 Å². The van der Waals surface area contributed by atoms with Gasteiger partial charge in [0, 0.05) is 6.21 Å². The van der Waals surface area contributed by atoms with Crippen molar-refractivity contribution in [2.45, 2.75) is 6.92 Å². The summed E-state index contributed by atoms with van der Waals surface area (Å²) in [4.78, 5) is 4.34. The fraction of sp³-hybridized carbons (Fsp3) is 0.125. The van der Waals surface area contributed by atoms with Crippen LogP contribution in [0, 0.1) is 11.3 Å². The number of rotatable bonds is 4. The van der Waals surface area contributed by atoms with Gasteiger partial charge < -0.3 is 4.74 Å². The van der Waals surface area contributed by atoms with Crippen molar-refractivity contribution in [3.63, 3.8) is 0 Å². The van der Waals surface area contributed by atoms with Gasteiger partial charge in [-0.1, -0.05) is 6.07 Å². The maximum Gasteiger partial charge on any atom is 0.119 e. The first-order chi connectivity index (χ1) is 9.31. The van der Waals surface area contributed by atoms with Crippen LogP contribution in [0.3, 0.4) is 0 Å². The third-order valence-corrected chi connectivity index (χ3v) is 2.53. The molecule has 0 aromatic heterocycles. The number of hydrogen-bond acceptors (Lipinski definition) is 3. The lowest BCUT2D eigenvalue weighted by Crippen LogP contribution is -1.91. The highest BCUT2D eigenvalue weighted by molar-refractivity contribution is 5.82. The second-order valence-corrected chi connectivity index (χ2v) is 3.92. The summed E-state index contributed by atoms with van der Waals surface area (Å²) in [6.45, 7) is 2.62. The largest absolute Gasteiger partial charge is 0.494 e. The summed E-state index contributed by atoms with van der Waals surface area (Å²) in [5.41, 5.74) is 2.38. The van der Waals surface area contributed by atoms with Crippen LogP contribution in [-0.2, 0) is 0 Å². The van der Waals surface area contributed by atoms with Crippen LogP contribution in [0.25, 0.3) is 0 Å². The van der Waals surface area contributed by atoms with Gasteiger partial charge in [0.05, 0.1) is 23.9 Å². The molecule has 3 heteroatoms. The third-order valence-electron chi connectivity index (χ3n) is 2.53. The van der Waals surface area contributed by atoms with E-state index in [9.17, 15) is 0 Å². The lowest BCUT2D eigenvalue weighted by Gasteiger charge is -2.02. The summed E-state index contributed by atoms with van der Waals surface area (Å²) >= 11 is 0. The molecule has 0 heterocycles. The van der Waals surface area contributed by atoms with Gasteiger partial charge in [-0.2, -0.15) is 5.26 Å². The second kappa shape index (κ2) is 6.36. The average Bonchev–Trinajstić information content (AvgIpc) is 2.47. The van der Waals surface area contributed by atoms with Crippen LogP contribution in [0.15, 0.2) is 53.5 Å². The van der Waals surface area contributed by atoms with Crippen molar-refractivity contribution < 1.29 is 4.74 Å². The zero-order valence-corrected chi connectivity index (χ0v) is 10.7. The molecule has 0 fully saturated rings. The standard InChI is InChI=1S/C16H14N2O/c1-2-19-16-8-6-13(7-9-16)12-18-15-5-3-4-14(10-15)11-17/h3-10,12H,2H2,1H3. The molecule has 2 aromatic carbocycles. The topological polar surface area (TPSA) is 45.4 Å². The molecule has 2 aromatic rings. The predicted octanol–water partition coefficient (Wildman–Crippen LogP) is 3.71. The number of ether oxygens (including phenoxy) is 1. The van der Waals surface area contributed by atoms with Crippen LogP contribution in [0.1, 0.15) is 18.1 Å². The molecule has 0 saturated heterocycles. The van der Waals surface area contributed by atoms with Crippen molar-refractivity contribution in [2.75, 3.05) is 6.61 Å². The van der Waals surface area contributed by atoms with E-state index in [1.165, 1.54) is 0 Å². The minimum Gasteiger partial charge on any atom is -0.494 e. The third kappa shape index (κ3) is 3.68. The molecule has 19 heavy (non-hydrogen) atoms. The fourth-order valence-corrected chi connectivity index (χ4v) is 1.62. The summed E-state index contributed by atoms with van der Waals surface area (Å²) in [7, 11) is 0. The molecule has 0 spiro atoms. The highest BCUT2D eigenvalue weighted by atomic mass is 16.5. The Hall–Kier alpha value is -2.60. The van der Waals surface area contributed by atoms with Gasteiger partial charge in [0.15, 0.2) is 0 Å². The van der Waals surface area contributed by atoms with Crippen molar-refractivity contribution in [2.24, 2.45) is 4.99 Å². The highest BCUT2D eigenvalue weighted by Gasteiger charge is 1.94. The Balaban J connectivity index is 2.11. The van der Waals surface area contributed by atoms with Crippen LogP contribution in [0.2, 0.25) is 0 Å². The molecule has 0 bridgehead atoms. The summed E-state index contributed by atoms with van der Waals surface area (Å²) < 4.78 is 5.37. The Labute approximate surface area is 112 Å². The summed E-state index contributed by atoms with van der Waals surface area (Å²) in [6, 6.07) is 17.0. The van der Waals surface area contributed by atoms with Crippen LogP contribution >= 0.6 is 0 Å². The van der Waals surface area contributed by atoms with Crippen LogP contribution in [0.5, 0.6) is 5.75 Å². The minimum absolute atomic E-state index is 0.612. The van der Waals surface area contributed by atoms with Gasteiger partial charge in [0.25, 0.3) is 0 Å². The SMILES string of the molecule is CCOc1ccc(C=Nc2cccc(C#N)c2)cc1. The molecule has 0 aliphatic carbocycles. The molecule has 0 aliphatic heterocycles. The zero-order valence-electron chi connectivity index (χ0n) is 10.7. The van der Waals surface area contributed by atoms with Crippen molar-refractivity contribution in [1.82, 2.24) is 0 Å². The van der Waals surface area contributed by atoms with Crippen molar-refractivity contribution in [3.05, 3.63) is 59.7 Å². The summed E-state index contributed by atoms with van der Waals surface area (Å²) in [5, 5.41) is 8.81. The summed E-state index contributed by atoms with van der Waals surface area (Å²) in [6.07, 6.45) is 1.77. The lowest BCUT2D eigenvalue weighted by atomic mass is 10.2. The molecular weight excluding hydrogens is 236 g/mol. The maximum atomic E-state index is 8.81. The molecule has 0 unspecified atom stereocenters. The van der Waals surface area contributed by atoms with Gasteiger partial charge in [-0.3, -0.25) is 4.99 Å². The van der Waals surface area contributed by atoms with Gasteiger partial charge in [-0.15, -0.1) is 0 Å². The average molecular weight is 250 g/mol. The van der Waals surface area contributed by atoms with Crippen LogP contribution < -0.4 is 4.74 Å². The van der Waals surface area contributed by atoms with Crippen molar-refractivity contribution in [1.29, 1.82) is 5.26 Å². The normalized spacial score (nSPS) is 10.3. The van der Waals surface area contributed by atoms with Crippen molar-refractivity contribution in [3.8, 4) is 11.8 Å². The Morgan fingerprint density at radius 2 is 2.00 bits per heavy atom. The first kappa shape index (κ1) is 12.8. The monoisotopic (exact) mass is 250 g/mol. The van der Waals surface area contributed by atoms with Crippen molar-refractivity contribution >= 4 is 11.9 Å². The van der Waals surface area contributed by atoms with E-state index < -0.39 is 0 Å². The van der Waals surface area contributed by atoms with E-state index in [2.05, 4.69) is 11.1 Å². The van der Waals surface area contributed by atoms with E-state index in [4.69, 9.17) is 10.00 Å². The van der Waals surface area contributed by atoms with Gasteiger partial charge in [-0.25, -0.2) is 0 Å². The van der Waals surface area contributed by atoms with Gasteiger partial charge in [0.2, 0.25) is 0 Å². The van der Waals surface area contributed by atoms with E-state index >= 15 is 0 Å². The van der Waals surface area contributed by atoms with E-state index in [1.807, 2.05) is 43.3 Å². The molecule has 2 rings (SSSR count). The number of nitrogens with zero attached hydrogens (tertiary/aromatic N) is 2. The van der Waals surface area contributed by atoms with Gasteiger partial charge >= 0.3 is 0 Å². The molecule has 3 nitrogen and oxygen atoms in total. The summed E-state index contributed by atoms with van der Waals surface area (Å²) in [5.74, 6) is 0.853. The number of benzene rings is 2. The Morgan fingerprint density at radius 1 is 1.21 bits per heavy atom. The number of hydrogen-bond donors (Lipinski definition) is 0. The van der Waals surface area contributed by atoms with E-state index in [0.717, 1.165) is 17.0 Å². The first-order valence-electron chi connectivity index (χ1n) is 6.09. The lowest BCUT2D eigenvalue weighted by molar-refractivity contribution is 0.340. The van der Waals surface area contributed by atoms with E-state index in [1.54, 1.807) is 18.3 Å². The second-order valence-electron chi connectivity index (χ2n) is 3.92. The molecule has 0 amide bonds. The predicted molar refractivity (Wildman–Crippen MR) is 76.0 cm³/mol. The van der Waals surface area contributed by atoms with Gasteiger partial charge in [-0.05, 0) is 55.0 Å². The molecule has 0 atom stereocenters. The highest BCUT2D eigenvalue weighted by Crippen LogP contribution is 2.15. The van der Waals surface area contributed by atoms with Crippen LogP contribution in [0.4, 0.5) is 5.69 Å². The fourth-order valence-electron chi connectivity index (χ4n) is 1.62. The molecular formula is C16H14N2O. The van der Waals surface area contributed by atoms with Crippen LogP contribution in [-0.4, -0.2) is 12.8 Å². The number of nitriles is 1. The zero-order chi connectivity index (χ0) is 13.5. The Bertz CT molecular complexity index is 609. The Morgan fingerprint density at radius 3 is 2.68 bits per heavy atom. The first-order valence-corrected chi connectivity index (χ1v) is 6.09.